The van der Waals surface area contributed by atoms with Crippen molar-refractivity contribution < 1.29 is 15.0 Å². The fourth-order valence-electron chi connectivity index (χ4n) is 2.63. The van der Waals surface area contributed by atoms with Crippen LogP contribution in [0.15, 0.2) is 59.7 Å². The third kappa shape index (κ3) is 2.25. The van der Waals surface area contributed by atoms with Gasteiger partial charge in [-0.1, -0.05) is 42.5 Å². The van der Waals surface area contributed by atoms with E-state index in [0.29, 0.717) is 11.3 Å². The number of phenols is 1. The van der Waals surface area contributed by atoms with Crippen LogP contribution in [0.2, 0.25) is 0 Å². The molecule has 0 bridgehead atoms. The van der Waals surface area contributed by atoms with Crippen LogP contribution in [0.4, 0.5) is 0 Å². The molecule has 5 nitrogen and oxygen atoms in total. The molecule has 1 atom stereocenters. The Morgan fingerprint density at radius 2 is 1.77 bits per heavy atom. The lowest BCUT2D eigenvalue weighted by molar-refractivity contribution is -0.0766. The monoisotopic (exact) mass is 296 g/mol. The molecule has 2 N–H and O–H groups in total. The number of aromatic hydroxyl groups is 1. The Labute approximate surface area is 128 Å². The maximum atomic E-state index is 12.7. The molecule has 3 rings (SSSR count). The summed E-state index contributed by atoms with van der Waals surface area (Å²) < 4.78 is 0. The van der Waals surface area contributed by atoms with E-state index in [1.54, 1.807) is 43.3 Å². The molecule has 0 spiro atoms. The van der Waals surface area contributed by atoms with Crippen molar-refractivity contribution in [2.45, 2.75) is 19.1 Å². The highest BCUT2D eigenvalue weighted by molar-refractivity contribution is 5.99. The van der Waals surface area contributed by atoms with E-state index in [0.717, 1.165) is 5.01 Å². The molecule has 1 aliphatic heterocycles. The van der Waals surface area contributed by atoms with E-state index in [4.69, 9.17) is 0 Å². The number of hydrogen-bond donors (Lipinski definition) is 2. The van der Waals surface area contributed by atoms with Gasteiger partial charge in [-0.15, -0.1) is 0 Å². The molecule has 0 fully saturated rings. The Balaban J connectivity index is 2.04. The van der Waals surface area contributed by atoms with Crippen molar-refractivity contribution in [3.05, 3.63) is 65.7 Å². The predicted molar refractivity (Wildman–Crippen MR) is 82.3 cm³/mol. The summed E-state index contributed by atoms with van der Waals surface area (Å²) in [6, 6.07) is 15.2. The number of rotatable bonds is 2. The smallest absolute Gasteiger partial charge is 0.280 e. The normalized spacial score (nSPS) is 20.8. The largest absolute Gasteiger partial charge is 0.507 e. The van der Waals surface area contributed by atoms with Gasteiger partial charge in [0.25, 0.3) is 5.91 Å². The van der Waals surface area contributed by atoms with Gasteiger partial charge < -0.3 is 10.2 Å². The van der Waals surface area contributed by atoms with Crippen molar-refractivity contribution in [1.82, 2.24) is 5.01 Å². The van der Waals surface area contributed by atoms with Gasteiger partial charge in [-0.25, -0.2) is 0 Å². The standard InChI is InChI=1S/C17H16N2O3/c1-12-11-17(22,13-7-3-2-4-8-13)19(18-12)16(21)14-9-5-6-10-15(14)20/h2-10,20,22H,11H2,1H3/t17-/m0/s1. The number of carbonyl (C=O) groups is 1. The second-order valence-electron chi connectivity index (χ2n) is 5.33. The number of aliphatic hydroxyl groups is 1. The fourth-order valence-corrected chi connectivity index (χ4v) is 2.63. The summed E-state index contributed by atoms with van der Waals surface area (Å²) >= 11 is 0. The average molecular weight is 296 g/mol. The van der Waals surface area contributed by atoms with Gasteiger partial charge in [-0.05, 0) is 19.1 Å². The molecular formula is C17H16N2O3. The van der Waals surface area contributed by atoms with E-state index >= 15 is 0 Å². The molecule has 112 valence electrons. The number of amides is 1. The van der Waals surface area contributed by atoms with Gasteiger partial charge in [0.1, 0.15) is 5.75 Å². The van der Waals surface area contributed by atoms with E-state index in [2.05, 4.69) is 5.10 Å². The van der Waals surface area contributed by atoms with Gasteiger partial charge in [0, 0.05) is 17.7 Å². The van der Waals surface area contributed by atoms with E-state index in [-0.39, 0.29) is 17.7 Å². The topological polar surface area (TPSA) is 73.1 Å². The molecule has 2 aromatic rings. The summed E-state index contributed by atoms with van der Waals surface area (Å²) in [4.78, 5) is 12.7. The molecule has 0 unspecified atom stereocenters. The first-order chi connectivity index (χ1) is 10.5. The van der Waals surface area contributed by atoms with Crippen molar-refractivity contribution in [1.29, 1.82) is 0 Å². The highest BCUT2D eigenvalue weighted by atomic mass is 16.3. The van der Waals surface area contributed by atoms with Crippen LogP contribution < -0.4 is 0 Å². The SMILES string of the molecule is CC1=NN(C(=O)c2ccccc2O)[C@@](O)(c2ccccc2)C1. The second-order valence-corrected chi connectivity index (χ2v) is 5.33. The lowest BCUT2D eigenvalue weighted by Gasteiger charge is -2.31. The van der Waals surface area contributed by atoms with Crippen LogP contribution in [0.25, 0.3) is 0 Å². The third-order valence-electron chi connectivity index (χ3n) is 3.69. The van der Waals surface area contributed by atoms with Crippen molar-refractivity contribution in [2.24, 2.45) is 5.10 Å². The zero-order valence-corrected chi connectivity index (χ0v) is 12.1. The molecule has 22 heavy (non-hydrogen) atoms. The fraction of sp³-hybridized carbons (Fsp3) is 0.176. The molecule has 1 heterocycles. The Kier molecular flexibility index (Phi) is 3.42. The maximum absolute atomic E-state index is 12.7. The molecule has 0 radical (unpaired) electrons. The summed E-state index contributed by atoms with van der Waals surface area (Å²) in [5, 5.41) is 26.1. The Morgan fingerprint density at radius 1 is 1.14 bits per heavy atom. The molecule has 1 aliphatic rings. The zero-order valence-electron chi connectivity index (χ0n) is 12.1. The molecule has 0 aromatic heterocycles. The summed E-state index contributed by atoms with van der Waals surface area (Å²) in [5.41, 5.74) is -0.199. The van der Waals surface area contributed by atoms with Gasteiger partial charge in [0.05, 0.1) is 5.56 Å². The third-order valence-corrected chi connectivity index (χ3v) is 3.69. The van der Waals surface area contributed by atoms with Crippen molar-refractivity contribution in [3.63, 3.8) is 0 Å². The molecular weight excluding hydrogens is 280 g/mol. The maximum Gasteiger partial charge on any atom is 0.280 e. The van der Waals surface area contributed by atoms with Gasteiger partial charge >= 0.3 is 0 Å². The van der Waals surface area contributed by atoms with Gasteiger partial charge in [-0.3, -0.25) is 4.79 Å². The Morgan fingerprint density at radius 3 is 2.45 bits per heavy atom. The number of hydrazone groups is 1. The van der Waals surface area contributed by atoms with Gasteiger partial charge in [0.2, 0.25) is 0 Å². The highest BCUT2D eigenvalue weighted by Crippen LogP contribution is 2.37. The van der Waals surface area contributed by atoms with Crippen LogP contribution in [0.1, 0.15) is 29.3 Å². The van der Waals surface area contributed by atoms with Crippen LogP contribution in [-0.4, -0.2) is 26.8 Å². The summed E-state index contributed by atoms with van der Waals surface area (Å²) in [6.07, 6.45) is 0.232. The first kappa shape index (κ1) is 14.3. The molecule has 1 amide bonds. The number of hydrogen-bond acceptors (Lipinski definition) is 4. The van der Waals surface area contributed by atoms with Crippen molar-refractivity contribution >= 4 is 11.6 Å². The van der Waals surface area contributed by atoms with E-state index in [9.17, 15) is 15.0 Å². The number of para-hydroxylation sites is 1. The minimum absolute atomic E-state index is 0.107. The van der Waals surface area contributed by atoms with E-state index < -0.39 is 11.6 Å². The first-order valence-electron chi connectivity index (χ1n) is 6.97. The van der Waals surface area contributed by atoms with E-state index in [1.165, 1.54) is 12.1 Å². The quantitative estimate of drug-likeness (QED) is 0.894. The van der Waals surface area contributed by atoms with Crippen LogP contribution >= 0.6 is 0 Å². The molecule has 0 saturated carbocycles. The second kappa shape index (κ2) is 5.27. The molecule has 2 aromatic carbocycles. The molecule has 5 heteroatoms. The van der Waals surface area contributed by atoms with E-state index in [1.807, 2.05) is 6.07 Å². The number of nitrogens with zero attached hydrogens (tertiary/aromatic N) is 2. The summed E-state index contributed by atoms with van der Waals surface area (Å²) in [7, 11) is 0. The number of carbonyl (C=O) groups excluding carboxylic acids is 1. The Hall–Kier alpha value is -2.66. The minimum atomic E-state index is -1.54. The molecule has 0 aliphatic carbocycles. The van der Waals surface area contributed by atoms with Gasteiger partial charge in [-0.2, -0.15) is 10.1 Å². The van der Waals surface area contributed by atoms with Crippen LogP contribution in [0, 0.1) is 0 Å². The first-order valence-corrected chi connectivity index (χ1v) is 6.97. The van der Waals surface area contributed by atoms with Crippen LogP contribution in [0.3, 0.4) is 0 Å². The van der Waals surface area contributed by atoms with Crippen molar-refractivity contribution in [3.8, 4) is 5.75 Å². The number of benzene rings is 2. The Bertz CT molecular complexity index is 743. The summed E-state index contributed by atoms with van der Waals surface area (Å²) in [5.74, 6) is -0.677. The van der Waals surface area contributed by atoms with Gasteiger partial charge in [0.15, 0.2) is 5.72 Å². The van der Waals surface area contributed by atoms with Crippen LogP contribution in [0.5, 0.6) is 5.75 Å². The average Bonchev–Trinajstić information content (AvgIpc) is 2.84. The minimum Gasteiger partial charge on any atom is -0.507 e. The lowest BCUT2D eigenvalue weighted by Crippen LogP contribution is -2.43. The lowest BCUT2D eigenvalue weighted by atomic mass is 9.97. The van der Waals surface area contributed by atoms with Crippen molar-refractivity contribution in [2.75, 3.05) is 0 Å². The molecule has 0 saturated heterocycles. The predicted octanol–water partition coefficient (Wildman–Crippen LogP) is 2.46. The summed E-state index contributed by atoms with van der Waals surface area (Å²) in [6.45, 7) is 1.76. The van der Waals surface area contributed by atoms with Crippen LogP contribution in [-0.2, 0) is 5.72 Å². The number of phenolic OH excluding ortho intramolecular Hbond substituents is 1. The zero-order chi connectivity index (χ0) is 15.7. The highest BCUT2D eigenvalue weighted by Gasteiger charge is 2.45.